The molecule has 0 aliphatic heterocycles. The van der Waals surface area contributed by atoms with Crippen molar-refractivity contribution in [1.29, 1.82) is 0 Å². The van der Waals surface area contributed by atoms with Gasteiger partial charge in [-0.1, -0.05) is 47.7 Å². The van der Waals surface area contributed by atoms with Gasteiger partial charge in [-0.15, -0.1) is 16.4 Å². The second-order valence-electron chi connectivity index (χ2n) is 9.26. The van der Waals surface area contributed by atoms with Crippen molar-refractivity contribution in [3.63, 3.8) is 0 Å². The van der Waals surface area contributed by atoms with Crippen molar-refractivity contribution in [3.05, 3.63) is 99.7 Å². The average Bonchev–Trinajstić information content (AvgIpc) is 3.39. The standard InChI is InChI=1S/C29H23N3O7S/c33-23(25-14-19-10-11-20(15-24(19)40-25)39-17-18-6-2-1-3-7-18)16-29(27(35)36,28(37)38)12-13-32-26(34)21-8-4-5-9-22(21)30-31-32/h1-11,14-15H,12-13,16-17H2,(H,35,36)(H,37,38). The zero-order chi connectivity index (χ0) is 28.3. The fourth-order valence-electron chi connectivity index (χ4n) is 4.35. The number of hydrogen-bond acceptors (Lipinski definition) is 8. The molecule has 5 rings (SSSR count). The molecule has 2 N–H and O–H groups in total. The lowest BCUT2D eigenvalue weighted by molar-refractivity contribution is -0.165. The summed E-state index contributed by atoms with van der Waals surface area (Å²) in [7, 11) is 0. The minimum Gasteiger partial charge on any atom is -0.489 e. The molecule has 0 atom stereocenters. The smallest absolute Gasteiger partial charge is 0.321 e. The van der Waals surface area contributed by atoms with Gasteiger partial charge in [-0.3, -0.25) is 19.2 Å². The highest BCUT2D eigenvalue weighted by atomic mass is 32.1. The van der Waals surface area contributed by atoms with Crippen LogP contribution in [0, 0.1) is 5.41 Å². The number of carboxylic acid groups (broad SMARTS) is 2. The molecule has 0 unspecified atom stereocenters. The Kier molecular flexibility index (Phi) is 7.39. The normalized spacial score (nSPS) is 11.5. The van der Waals surface area contributed by atoms with Crippen molar-refractivity contribution in [2.75, 3.05) is 0 Å². The van der Waals surface area contributed by atoms with Gasteiger partial charge in [-0.25, -0.2) is 4.68 Å². The number of nitrogens with zero attached hydrogens (tertiary/aromatic N) is 3. The first-order chi connectivity index (χ1) is 19.3. The predicted octanol–water partition coefficient (Wildman–Crippen LogP) is 4.40. The molecular formula is C29H23N3O7S. The highest BCUT2D eigenvalue weighted by molar-refractivity contribution is 7.20. The lowest BCUT2D eigenvalue weighted by Crippen LogP contribution is -2.43. The number of aryl methyl sites for hydroxylation is 1. The van der Waals surface area contributed by atoms with Crippen LogP contribution in [0.15, 0.2) is 83.7 Å². The van der Waals surface area contributed by atoms with E-state index in [1.807, 2.05) is 30.3 Å². The minimum absolute atomic E-state index is 0.227. The van der Waals surface area contributed by atoms with Gasteiger partial charge in [0.25, 0.3) is 5.56 Å². The Morgan fingerprint density at radius 3 is 2.40 bits per heavy atom. The van der Waals surface area contributed by atoms with Crippen LogP contribution in [0.1, 0.15) is 28.1 Å². The summed E-state index contributed by atoms with van der Waals surface area (Å²) >= 11 is 1.13. The second kappa shape index (κ2) is 11.1. The van der Waals surface area contributed by atoms with E-state index in [9.17, 15) is 29.4 Å². The molecule has 2 heterocycles. The van der Waals surface area contributed by atoms with Crippen molar-refractivity contribution in [2.45, 2.75) is 26.0 Å². The molecule has 0 saturated heterocycles. The van der Waals surface area contributed by atoms with Crippen molar-refractivity contribution in [1.82, 2.24) is 15.0 Å². The summed E-state index contributed by atoms with van der Waals surface area (Å²) in [5, 5.41) is 28.7. The Bertz CT molecular complexity index is 1780. The molecule has 0 bridgehead atoms. The molecule has 10 nitrogen and oxygen atoms in total. The molecule has 3 aromatic carbocycles. The van der Waals surface area contributed by atoms with Crippen LogP contribution in [-0.4, -0.2) is 42.9 Å². The summed E-state index contributed by atoms with van der Waals surface area (Å²) in [5.41, 5.74) is -1.64. The van der Waals surface area contributed by atoms with Gasteiger partial charge in [-0.05, 0) is 53.8 Å². The van der Waals surface area contributed by atoms with Gasteiger partial charge >= 0.3 is 11.9 Å². The van der Waals surface area contributed by atoms with Gasteiger partial charge in [-0.2, -0.15) is 0 Å². The number of fused-ring (bicyclic) bond motifs is 2. The SMILES string of the molecule is O=C(CC(CCn1nnc2ccccc2c1=O)(C(=O)O)C(=O)O)c1cc2ccc(OCc3ccccc3)cc2s1. The minimum atomic E-state index is -2.47. The number of carboxylic acids is 2. The van der Waals surface area contributed by atoms with Gasteiger partial charge in [0.1, 0.15) is 17.9 Å². The zero-order valence-corrected chi connectivity index (χ0v) is 21.8. The van der Waals surface area contributed by atoms with Crippen LogP contribution in [-0.2, 0) is 22.7 Å². The lowest BCUT2D eigenvalue weighted by atomic mass is 9.79. The highest BCUT2D eigenvalue weighted by Gasteiger charge is 2.48. The number of aliphatic carboxylic acids is 2. The molecule has 0 aliphatic carbocycles. The van der Waals surface area contributed by atoms with Crippen LogP contribution < -0.4 is 10.3 Å². The summed E-state index contributed by atoms with van der Waals surface area (Å²) in [4.78, 5) is 50.8. The van der Waals surface area contributed by atoms with Crippen LogP contribution >= 0.6 is 11.3 Å². The molecule has 2 aromatic heterocycles. The summed E-state index contributed by atoms with van der Waals surface area (Å²) in [6.07, 6.45) is -1.34. The molecule has 202 valence electrons. The fraction of sp³-hybridized carbons (Fsp3) is 0.172. The van der Waals surface area contributed by atoms with Crippen LogP contribution in [0.5, 0.6) is 5.75 Å². The van der Waals surface area contributed by atoms with Gasteiger partial charge in [0.15, 0.2) is 11.2 Å². The molecule has 0 radical (unpaired) electrons. The van der Waals surface area contributed by atoms with E-state index in [4.69, 9.17) is 4.74 Å². The summed E-state index contributed by atoms with van der Waals surface area (Å²) in [5.74, 6) is -3.38. The Morgan fingerprint density at radius 2 is 1.65 bits per heavy atom. The molecule has 11 heteroatoms. The number of carbonyl (C=O) groups excluding carboxylic acids is 1. The molecule has 40 heavy (non-hydrogen) atoms. The molecule has 0 saturated carbocycles. The molecule has 0 amide bonds. The first-order valence-electron chi connectivity index (χ1n) is 12.3. The number of hydrogen-bond donors (Lipinski definition) is 2. The first-order valence-corrected chi connectivity index (χ1v) is 13.1. The predicted molar refractivity (Wildman–Crippen MR) is 148 cm³/mol. The Morgan fingerprint density at radius 1 is 0.925 bits per heavy atom. The fourth-order valence-corrected chi connectivity index (χ4v) is 5.38. The lowest BCUT2D eigenvalue weighted by Gasteiger charge is -2.24. The van der Waals surface area contributed by atoms with Crippen molar-refractivity contribution >= 4 is 50.0 Å². The average molecular weight is 558 g/mol. The first kappa shape index (κ1) is 26.7. The largest absolute Gasteiger partial charge is 0.489 e. The van der Waals surface area contributed by atoms with E-state index in [0.29, 0.717) is 17.9 Å². The Hall–Kier alpha value is -4.90. The summed E-state index contributed by atoms with van der Waals surface area (Å²) in [6.45, 7) is 0.0188. The van der Waals surface area contributed by atoms with E-state index < -0.39 is 41.5 Å². The van der Waals surface area contributed by atoms with Crippen LogP contribution in [0.4, 0.5) is 0 Å². The maximum Gasteiger partial charge on any atom is 0.321 e. The van der Waals surface area contributed by atoms with E-state index in [2.05, 4.69) is 10.3 Å². The number of ether oxygens (including phenoxy) is 1. The van der Waals surface area contributed by atoms with Crippen molar-refractivity contribution < 1.29 is 29.3 Å². The van der Waals surface area contributed by atoms with Crippen molar-refractivity contribution in [3.8, 4) is 5.75 Å². The third-order valence-corrected chi connectivity index (χ3v) is 7.81. The number of thiophene rings is 1. The quantitative estimate of drug-likeness (QED) is 0.178. The monoisotopic (exact) mass is 557 g/mol. The molecule has 0 aliphatic rings. The van der Waals surface area contributed by atoms with Gasteiger partial charge < -0.3 is 14.9 Å². The molecular weight excluding hydrogens is 534 g/mol. The Labute approximate surface area is 231 Å². The molecule has 5 aromatic rings. The number of aromatic nitrogens is 3. The maximum atomic E-state index is 13.2. The molecule has 0 fully saturated rings. The van der Waals surface area contributed by atoms with Crippen LogP contribution in [0.25, 0.3) is 21.0 Å². The summed E-state index contributed by atoms with van der Waals surface area (Å²) in [6, 6.07) is 23.1. The van der Waals surface area contributed by atoms with E-state index in [1.165, 1.54) is 0 Å². The number of rotatable bonds is 11. The van der Waals surface area contributed by atoms with E-state index in [-0.39, 0.29) is 16.8 Å². The second-order valence-corrected chi connectivity index (χ2v) is 10.3. The highest BCUT2D eigenvalue weighted by Crippen LogP contribution is 2.35. The third-order valence-electron chi connectivity index (χ3n) is 6.68. The van der Waals surface area contributed by atoms with Crippen molar-refractivity contribution in [2.24, 2.45) is 5.41 Å². The molecule has 0 spiro atoms. The number of carbonyl (C=O) groups is 3. The van der Waals surface area contributed by atoms with Gasteiger partial charge in [0, 0.05) is 17.7 Å². The van der Waals surface area contributed by atoms with Gasteiger partial charge in [0.2, 0.25) is 0 Å². The Balaban J connectivity index is 1.35. The van der Waals surface area contributed by atoms with Gasteiger partial charge in [0.05, 0.1) is 10.3 Å². The number of benzene rings is 3. The maximum absolute atomic E-state index is 13.2. The topological polar surface area (TPSA) is 149 Å². The van der Waals surface area contributed by atoms with E-state index in [1.54, 1.807) is 48.5 Å². The van der Waals surface area contributed by atoms with Crippen LogP contribution in [0.3, 0.4) is 0 Å². The van der Waals surface area contributed by atoms with E-state index in [0.717, 1.165) is 31.7 Å². The number of ketones is 1. The summed E-state index contributed by atoms with van der Waals surface area (Å²) < 4.78 is 7.51. The number of Topliss-reactive ketones (excluding diaryl/α,β-unsaturated/α-hetero) is 1. The van der Waals surface area contributed by atoms with E-state index >= 15 is 0 Å². The van der Waals surface area contributed by atoms with Crippen LogP contribution in [0.2, 0.25) is 0 Å². The zero-order valence-electron chi connectivity index (χ0n) is 21.0. The third kappa shape index (κ3) is 5.32.